The molecule has 0 radical (unpaired) electrons. The molecule has 0 saturated carbocycles. The first kappa shape index (κ1) is 13.5. The number of methoxy groups -OCH3 is 1. The number of carboxylic acid groups (broad SMARTS) is 1. The summed E-state index contributed by atoms with van der Waals surface area (Å²) in [5, 5.41) is 9.88. The Kier molecular flexibility index (Phi) is 4.00. The van der Waals surface area contributed by atoms with Crippen molar-refractivity contribution >= 4 is 29.2 Å². The highest BCUT2D eigenvalue weighted by Gasteiger charge is 2.32. The van der Waals surface area contributed by atoms with E-state index in [2.05, 4.69) is 0 Å². The minimum atomic E-state index is -0.745. The number of likely N-dealkylation sites (tertiary alicyclic amines) is 1. The molecule has 4 nitrogen and oxygen atoms in total. The predicted octanol–water partition coefficient (Wildman–Crippen LogP) is 2.52. The Labute approximate surface area is 115 Å². The summed E-state index contributed by atoms with van der Waals surface area (Å²) < 4.78 is 5.07. The monoisotopic (exact) mass is 289 g/mol. The average molecular weight is 290 g/mol. The van der Waals surface area contributed by atoms with Gasteiger partial charge in [0.05, 0.1) is 18.1 Å². The van der Waals surface area contributed by atoms with E-state index < -0.39 is 5.97 Å². The molecular formula is C12H13Cl2NO3. The van der Waals surface area contributed by atoms with Crippen LogP contribution < -0.4 is 4.74 Å². The van der Waals surface area contributed by atoms with Crippen molar-refractivity contribution < 1.29 is 14.6 Å². The van der Waals surface area contributed by atoms with E-state index in [4.69, 9.17) is 33.0 Å². The molecule has 1 aliphatic heterocycles. The SMILES string of the molecule is COc1cc(Cl)c(CN2CC(C(=O)O)C2)cc1Cl. The minimum Gasteiger partial charge on any atom is -0.495 e. The van der Waals surface area contributed by atoms with Crippen molar-refractivity contribution in [2.45, 2.75) is 6.54 Å². The summed E-state index contributed by atoms with van der Waals surface area (Å²) in [5.41, 5.74) is 0.881. The van der Waals surface area contributed by atoms with Crippen LogP contribution in [0.5, 0.6) is 5.75 Å². The Balaban J connectivity index is 2.03. The van der Waals surface area contributed by atoms with Gasteiger partial charge in [-0.1, -0.05) is 23.2 Å². The molecule has 0 atom stereocenters. The smallest absolute Gasteiger partial charge is 0.309 e. The van der Waals surface area contributed by atoms with Crippen LogP contribution in [0.15, 0.2) is 12.1 Å². The van der Waals surface area contributed by atoms with Crippen LogP contribution in [0.1, 0.15) is 5.56 Å². The van der Waals surface area contributed by atoms with Crippen molar-refractivity contribution in [3.8, 4) is 5.75 Å². The first-order valence-corrected chi connectivity index (χ1v) is 6.24. The van der Waals surface area contributed by atoms with Gasteiger partial charge in [0.15, 0.2) is 0 Å². The van der Waals surface area contributed by atoms with Gasteiger partial charge < -0.3 is 9.84 Å². The summed E-state index contributed by atoms with van der Waals surface area (Å²) in [6.45, 7) is 1.71. The quantitative estimate of drug-likeness (QED) is 0.925. The average Bonchev–Trinajstić information content (AvgIpc) is 2.26. The molecule has 98 valence electrons. The minimum absolute atomic E-state index is 0.266. The van der Waals surface area contributed by atoms with Gasteiger partial charge in [0.2, 0.25) is 0 Å². The molecule has 1 aromatic rings. The first-order valence-electron chi connectivity index (χ1n) is 5.48. The molecule has 0 amide bonds. The second-order valence-corrected chi connectivity index (χ2v) is 5.12. The molecule has 1 saturated heterocycles. The van der Waals surface area contributed by atoms with Crippen LogP contribution in [0.25, 0.3) is 0 Å². The van der Waals surface area contributed by atoms with Crippen LogP contribution in [0, 0.1) is 5.92 Å². The third kappa shape index (κ3) is 2.71. The lowest BCUT2D eigenvalue weighted by molar-refractivity contribution is -0.147. The van der Waals surface area contributed by atoms with Gasteiger partial charge in [-0.25, -0.2) is 0 Å². The number of carbonyl (C=O) groups is 1. The number of nitrogens with zero attached hydrogens (tertiary/aromatic N) is 1. The van der Waals surface area contributed by atoms with E-state index in [-0.39, 0.29) is 5.92 Å². The standard InChI is InChI=1S/C12H13Cl2NO3/c1-18-11-3-9(13)7(2-10(11)14)4-15-5-8(6-15)12(16)17/h2-3,8H,4-6H2,1H3,(H,16,17). The Morgan fingerprint density at radius 2 is 2.11 bits per heavy atom. The molecule has 2 rings (SSSR count). The highest BCUT2D eigenvalue weighted by atomic mass is 35.5. The molecule has 1 fully saturated rings. The van der Waals surface area contributed by atoms with Crippen molar-refractivity contribution in [1.82, 2.24) is 4.90 Å². The maximum absolute atomic E-state index is 10.7. The zero-order valence-corrected chi connectivity index (χ0v) is 11.3. The summed E-state index contributed by atoms with van der Waals surface area (Å²) in [7, 11) is 1.53. The summed E-state index contributed by atoms with van der Waals surface area (Å²) >= 11 is 12.2. The molecule has 1 aromatic carbocycles. The molecule has 0 unspecified atom stereocenters. The Hall–Kier alpha value is -0.970. The third-order valence-corrected chi connectivity index (χ3v) is 3.67. The number of rotatable bonds is 4. The zero-order chi connectivity index (χ0) is 13.3. The number of ether oxygens (including phenoxy) is 1. The van der Waals surface area contributed by atoms with E-state index >= 15 is 0 Å². The molecule has 0 spiro atoms. The van der Waals surface area contributed by atoms with Crippen molar-refractivity contribution in [2.24, 2.45) is 5.92 Å². The number of aliphatic carboxylic acids is 1. The van der Waals surface area contributed by atoms with Crippen molar-refractivity contribution in [3.63, 3.8) is 0 Å². The lowest BCUT2D eigenvalue weighted by atomic mass is 9.99. The topological polar surface area (TPSA) is 49.8 Å². The van der Waals surface area contributed by atoms with Gasteiger partial charge in [0, 0.05) is 30.7 Å². The zero-order valence-electron chi connectivity index (χ0n) is 9.82. The molecule has 1 aliphatic rings. The van der Waals surface area contributed by atoms with E-state index in [9.17, 15) is 4.79 Å². The summed E-state index contributed by atoms with van der Waals surface area (Å²) in [6, 6.07) is 3.44. The van der Waals surface area contributed by atoms with E-state index in [0.717, 1.165) is 5.56 Å². The van der Waals surface area contributed by atoms with Crippen LogP contribution in [0.2, 0.25) is 10.0 Å². The van der Waals surface area contributed by atoms with Crippen molar-refractivity contribution in [3.05, 3.63) is 27.7 Å². The van der Waals surface area contributed by atoms with Crippen LogP contribution in [-0.2, 0) is 11.3 Å². The lowest BCUT2D eigenvalue weighted by Crippen LogP contribution is -2.49. The van der Waals surface area contributed by atoms with Gasteiger partial charge in [-0.3, -0.25) is 9.69 Å². The number of halogens is 2. The number of benzene rings is 1. The van der Waals surface area contributed by atoms with Crippen LogP contribution in [0.3, 0.4) is 0 Å². The van der Waals surface area contributed by atoms with Crippen LogP contribution in [-0.4, -0.2) is 36.2 Å². The normalized spacial score (nSPS) is 16.4. The molecule has 6 heteroatoms. The second-order valence-electron chi connectivity index (χ2n) is 4.31. The maximum Gasteiger partial charge on any atom is 0.309 e. The van der Waals surface area contributed by atoms with Gasteiger partial charge in [-0.05, 0) is 11.6 Å². The molecule has 0 aliphatic carbocycles. The highest BCUT2D eigenvalue weighted by molar-refractivity contribution is 6.34. The number of hydrogen-bond acceptors (Lipinski definition) is 3. The van der Waals surface area contributed by atoms with Gasteiger partial charge in [0.25, 0.3) is 0 Å². The van der Waals surface area contributed by atoms with Gasteiger partial charge in [-0.15, -0.1) is 0 Å². The summed E-state index contributed by atoms with van der Waals surface area (Å²) in [5.74, 6) is -0.472. The predicted molar refractivity (Wildman–Crippen MR) is 69.4 cm³/mol. The molecule has 0 bridgehead atoms. The fraction of sp³-hybridized carbons (Fsp3) is 0.417. The Morgan fingerprint density at radius 1 is 1.44 bits per heavy atom. The molecule has 1 heterocycles. The largest absolute Gasteiger partial charge is 0.495 e. The van der Waals surface area contributed by atoms with E-state index in [1.807, 2.05) is 4.90 Å². The summed E-state index contributed by atoms with van der Waals surface area (Å²) in [6.07, 6.45) is 0. The summed E-state index contributed by atoms with van der Waals surface area (Å²) in [4.78, 5) is 12.7. The Morgan fingerprint density at radius 3 is 2.67 bits per heavy atom. The van der Waals surface area contributed by atoms with Crippen LogP contribution >= 0.6 is 23.2 Å². The molecule has 0 aromatic heterocycles. The van der Waals surface area contributed by atoms with Crippen molar-refractivity contribution in [1.29, 1.82) is 0 Å². The fourth-order valence-corrected chi connectivity index (χ4v) is 2.42. The first-order chi connectivity index (χ1) is 8.51. The van der Waals surface area contributed by atoms with Gasteiger partial charge in [0.1, 0.15) is 5.75 Å². The van der Waals surface area contributed by atoms with E-state index in [1.54, 1.807) is 12.1 Å². The highest BCUT2D eigenvalue weighted by Crippen LogP contribution is 2.32. The number of hydrogen-bond donors (Lipinski definition) is 1. The second kappa shape index (κ2) is 5.34. The third-order valence-electron chi connectivity index (χ3n) is 3.02. The molecular weight excluding hydrogens is 277 g/mol. The maximum atomic E-state index is 10.7. The lowest BCUT2D eigenvalue weighted by Gasteiger charge is -2.36. The van der Waals surface area contributed by atoms with Gasteiger partial charge in [-0.2, -0.15) is 0 Å². The van der Waals surface area contributed by atoms with E-state index in [1.165, 1.54) is 7.11 Å². The van der Waals surface area contributed by atoms with E-state index in [0.29, 0.717) is 35.4 Å². The number of carboxylic acids is 1. The molecule has 18 heavy (non-hydrogen) atoms. The van der Waals surface area contributed by atoms with Crippen molar-refractivity contribution in [2.75, 3.05) is 20.2 Å². The Bertz CT molecular complexity index is 473. The van der Waals surface area contributed by atoms with Gasteiger partial charge >= 0.3 is 5.97 Å². The van der Waals surface area contributed by atoms with Crippen LogP contribution in [0.4, 0.5) is 0 Å². The fourth-order valence-electron chi connectivity index (χ4n) is 1.94. The molecule has 1 N–H and O–H groups in total.